The van der Waals surface area contributed by atoms with Gasteiger partial charge >= 0.3 is 0 Å². The number of nitrogens with zero attached hydrogens (tertiary/aromatic N) is 3. The lowest BCUT2D eigenvalue weighted by molar-refractivity contribution is 0.323. The Balaban J connectivity index is 1.86. The molecule has 0 unspecified atom stereocenters. The van der Waals surface area contributed by atoms with E-state index in [-0.39, 0.29) is 5.56 Å². The average molecular weight is 410 g/mol. The molecule has 0 amide bonds. The molecule has 1 heterocycles. The van der Waals surface area contributed by atoms with Crippen LogP contribution in [0.2, 0.25) is 0 Å². The Kier molecular flexibility index (Phi) is 6.61. The highest BCUT2D eigenvalue weighted by Crippen LogP contribution is 2.19. The molecule has 29 heavy (non-hydrogen) atoms. The number of benzene rings is 2. The summed E-state index contributed by atoms with van der Waals surface area (Å²) in [5.41, 5.74) is 3.92. The first kappa shape index (κ1) is 21.0. The molecule has 0 saturated heterocycles. The number of thiocarbonyl (C=S) groups is 1. The van der Waals surface area contributed by atoms with Gasteiger partial charge in [-0.15, -0.1) is 0 Å². The van der Waals surface area contributed by atoms with E-state index in [4.69, 9.17) is 12.2 Å². The minimum Gasteiger partial charge on any atom is -0.340 e. The van der Waals surface area contributed by atoms with Crippen molar-refractivity contribution in [3.8, 4) is 0 Å². The summed E-state index contributed by atoms with van der Waals surface area (Å²) in [6.07, 6.45) is 0. The fourth-order valence-electron chi connectivity index (χ4n) is 3.04. The molecule has 152 valence electrons. The normalized spacial score (nSPS) is 11.1. The maximum absolute atomic E-state index is 12.4. The molecular formula is C22H27N5OS. The predicted octanol–water partition coefficient (Wildman–Crippen LogP) is 3.30. The van der Waals surface area contributed by atoms with Crippen LogP contribution < -0.4 is 10.9 Å². The Bertz CT molecular complexity index is 1080. The highest BCUT2D eigenvalue weighted by molar-refractivity contribution is 7.80. The maximum Gasteiger partial charge on any atom is 0.258 e. The molecule has 1 aromatic heterocycles. The molecule has 0 aliphatic carbocycles. The number of nitrogens with one attached hydrogen (secondary N) is 2. The second-order valence-electron chi connectivity index (χ2n) is 7.43. The molecule has 0 saturated carbocycles. The van der Waals surface area contributed by atoms with Gasteiger partial charge in [-0.05, 0) is 69.5 Å². The van der Waals surface area contributed by atoms with Crippen molar-refractivity contribution in [2.45, 2.75) is 20.4 Å². The van der Waals surface area contributed by atoms with Gasteiger partial charge in [0.25, 0.3) is 5.56 Å². The number of fused-ring (bicyclic) bond motifs is 1. The molecule has 2 N–H and O–H groups in total. The van der Waals surface area contributed by atoms with E-state index in [9.17, 15) is 4.79 Å². The van der Waals surface area contributed by atoms with Gasteiger partial charge in [0.2, 0.25) is 0 Å². The van der Waals surface area contributed by atoms with Gasteiger partial charge in [0.1, 0.15) is 5.82 Å². The first-order valence-corrected chi connectivity index (χ1v) is 10.0. The van der Waals surface area contributed by atoms with E-state index >= 15 is 0 Å². The number of rotatable bonds is 6. The molecule has 0 aliphatic rings. The number of hydrogen-bond acceptors (Lipinski definition) is 4. The summed E-state index contributed by atoms with van der Waals surface area (Å²) >= 11 is 5.72. The van der Waals surface area contributed by atoms with E-state index in [1.165, 1.54) is 11.1 Å². The summed E-state index contributed by atoms with van der Waals surface area (Å²) in [5.74, 6) is 0.595. The van der Waals surface area contributed by atoms with Gasteiger partial charge in [-0.2, -0.15) is 0 Å². The molecule has 3 rings (SSSR count). The number of H-pyrrole nitrogens is 1. The summed E-state index contributed by atoms with van der Waals surface area (Å²) < 4.78 is 0. The molecule has 0 atom stereocenters. The van der Waals surface area contributed by atoms with Crippen LogP contribution in [0, 0.1) is 13.8 Å². The van der Waals surface area contributed by atoms with Crippen molar-refractivity contribution < 1.29 is 0 Å². The third-order valence-corrected chi connectivity index (χ3v) is 5.31. The van der Waals surface area contributed by atoms with Gasteiger partial charge in [0, 0.05) is 18.8 Å². The van der Waals surface area contributed by atoms with Crippen LogP contribution in [0.1, 0.15) is 17.0 Å². The van der Waals surface area contributed by atoms with Crippen molar-refractivity contribution in [2.24, 2.45) is 0 Å². The first-order chi connectivity index (χ1) is 13.8. The average Bonchev–Trinajstić information content (AvgIpc) is 2.68. The Labute approximate surface area is 176 Å². The standard InChI is InChI=1S/C22H27N5OS/c1-15-8-7-11-18(16(15)2)24-22(29)27(13-12-26(3)4)14-20-23-19-10-6-5-9-17(19)21(28)25-20/h5-11H,12-14H2,1-4H3,(H,24,29)(H,23,25,28). The zero-order valence-electron chi connectivity index (χ0n) is 17.3. The quantitative estimate of drug-likeness (QED) is 0.609. The van der Waals surface area contributed by atoms with Crippen LogP contribution in [-0.4, -0.2) is 52.1 Å². The van der Waals surface area contributed by atoms with Crippen LogP contribution in [-0.2, 0) is 6.54 Å². The second-order valence-corrected chi connectivity index (χ2v) is 7.82. The minimum atomic E-state index is -0.133. The van der Waals surface area contributed by atoms with Crippen LogP contribution in [0.15, 0.2) is 47.3 Å². The second kappa shape index (κ2) is 9.15. The third-order valence-electron chi connectivity index (χ3n) is 4.95. The molecule has 0 fully saturated rings. The number of aryl methyl sites for hydroxylation is 1. The van der Waals surface area contributed by atoms with E-state index in [1.807, 2.05) is 49.3 Å². The van der Waals surface area contributed by atoms with Crippen molar-refractivity contribution in [2.75, 3.05) is 32.5 Å². The van der Waals surface area contributed by atoms with E-state index in [1.54, 1.807) is 6.07 Å². The molecule has 0 bridgehead atoms. The smallest absolute Gasteiger partial charge is 0.258 e. The van der Waals surface area contributed by atoms with E-state index < -0.39 is 0 Å². The lowest BCUT2D eigenvalue weighted by Crippen LogP contribution is -2.39. The van der Waals surface area contributed by atoms with Crippen molar-refractivity contribution in [1.29, 1.82) is 0 Å². The van der Waals surface area contributed by atoms with Crippen LogP contribution in [0.3, 0.4) is 0 Å². The van der Waals surface area contributed by atoms with Gasteiger partial charge in [-0.25, -0.2) is 4.98 Å². The van der Waals surface area contributed by atoms with E-state index in [2.05, 4.69) is 40.1 Å². The molecular weight excluding hydrogens is 382 g/mol. The molecule has 0 radical (unpaired) electrons. The zero-order valence-corrected chi connectivity index (χ0v) is 18.1. The molecule has 2 aromatic carbocycles. The largest absolute Gasteiger partial charge is 0.340 e. The zero-order chi connectivity index (χ0) is 21.0. The molecule has 0 spiro atoms. The van der Waals surface area contributed by atoms with Gasteiger partial charge in [-0.1, -0.05) is 24.3 Å². The highest BCUT2D eigenvalue weighted by atomic mass is 32.1. The van der Waals surface area contributed by atoms with Crippen LogP contribution >= 0.6 is 12.2 Å². The Morgan fingerprint density at radius 3 is 2.62 bits per heavy atom. The lowest BCUT2D eigenvalue weighted by atomic mass is 10.1. The molecule has 3 aromatic rings. The van der Waals surface area contributed by atoms with Gasteiger partial charge in [0.05, 0.1) is 17.4 Å². The van der Waals surface area contributed by atoms with E-state index in [0.717, 1.165) is 12.2 Å². The fraction of sp³-hybridized carbons (Fsp3) is 0.318. The topological polar surface area (TPSA) is 64.3 Å². The van der Waals surface area contributed by atoms with Crippen molar-refractivity contribution in [3.63, 3.8) is 0 Å². The monoisotopic (exact) mass is 409 g/mol. The predicted molar refractivity (Wildman–Crippen MR) is 123 cm³/mol. The number of aromatic nitrogens is 2. The number of hydrogen-bond donors (Lipinski definition) is 2. The minimum absolute atomic E-state index is 0.133. The summed E-state index contributed by atoms with van der Waals surface area (Å²) in [6.45, 7) is 6.11. The number of likely N-dealkylation sites (N-methyl/N-ethyl adjacent to an activating group) is 1. The van der Waals surface area contributed by atoms with Crippen LogP contribution in [0.5, 0.6) is 0 Å². The number of anilines is 1. The summed E-state index contributed by atoms with van der Waals surface area (Å²) in [4.78, 5) is 24.1. The fourth-order valence-corrected chi connectivity index (χ4v) is 3.31. The van der Waals surface area contributed by atoms with E-state index in [0.29, 0.717) is 34.9 Å². The number of aromatic amines is 1. The number of para-hydroxylation sites is 1. The van der Waals surface area contributed by atoms with Gasteiger partial charge < -0.3 is 20.1 Å². The summed E-state index contributed by atoms with van der Waals surface area (Å²) in [7, 11) is 4.05. The van der Waals surface area contributed by atoms with Crippen LogP contribution in [0.25, 0.3) is 10.9 Å². The first-order valence-electron chi connectivity index (χ1n) is 9.60. The molecule has 6 nitrogen and oxygen atoms in total. The molecule has 7 heteroatoms. The maximum atomic E-state index is 12.4. The lowest BCUT2D eigenvalue weighted by Gasteiger charge is -2.27. The van der Waals surface area contributed by atoms with Crippen molar-refractivity contribution in [3.05, 3.63) is 69.8 Å². The van der Waals surface area contributed by atoms with Gasteiger partial charge in [0.15, 0.2) is 5.11 Å². The summed E-state index contributed by atoms with van der Waals surface area (Å²) in [5, 5.41) is 4.56. The summed E-state index contributed by atoms with van der Waals surface area (Å²) in [6, 6.07) is 13.5. The molecule has 0 aliphatic heterocycles. The van der Waals surface area contributed by atoms with Crippen molar-refractivity contribution in [1.82, 2.24) is 19.8 Å². The van der Waals surface area contributed by atoms with Crippen LogP contribution in [0.4, 0.5) is 5.69 Å². The van der Waals surface area contributed by atoms with Crippen molar-refractivity contribution >= 4 is 33.9 Å². The Hall–Kier alpha value is -2.77. The Morgan fingerprint density at radius 1 is 1.10 bits per heavy atom. The Morgan fingerprint density at radius 2 is 1.86 bits per heavy atom. The SMILES string of the molecule is Cc1cccc(NC(=S)N(CCN(C)C)Cc2nc3ccccc3c(=O)[nH]2)c1C. The highest BCUT2D eigenvalue weighted by Gasteiger charge is 2.14. The van der Waals surface area contributed by atoms with Gasteiger partial charge in [-0.3, -0.25) is 4.79 Å². The third kappa shape index (κ3) is 5.19.